The molecule has 1 aromatic rings. The molecule has 1 aromatic carbocycles. The van der Waals surface area contributed by atoms with Crippen molar-refractivity contribution in [1.82, 2.24) is 4.90 Å². The van der Waals surface area contributed by atoms with Gasteiger partial charge in [-0.3, -0.25) is 9.59 Å². The molecule has 3 rings (SSSR count). The van der Waals surface area contributed by atoms with Crippen LogP contribution < -0.4 is 16.4 Å². The standard InChI is InChI=1S/C21H28N4O2/c1-3-7-16(22)19(26)24-12-11-21(13-24)14-25(20(27)17(23)8-4-2)18-10-6-5-9-15(18)21/h3-6,9-10,16-17H,1-2,7-8,11-14,22-23H2. The third-order valence-corrected chi connectivity index (χ3v) is 5.63. The first kappa shape index (κ1) is 19.3. The summed E-state index contributed by atoms with van der Waals surface area (Å²) in [6, 6.07) is 6.75. The second-order valence-electron chi connectivity index (χ2n) is 7.49. The molecule has 4 N–H and O–H groups in total. The molecule has 27 heavy (non-hydrogen) atoms. The Hall–Kier alpha value is -2.44. The Bertz CT molecular complexity index is 762. The van der Waals surface area contributed by atoms with Gasteiger partial charge in [0.1, 0.15) is 0 Å². The van der Waals surface area contributed by atoms with Gasteiger partial charge in [0.2, 0.25) is 11.8 Å². The maximum absolute atomic E-state index is 12.9. The minimum atomic E-state index is -0.606. The number of carbonyl (C=O) groups excluding carboxylic acids is 2. The van der Waals surface area contributed by atoms with Crippen LogP contribution in [0.4, 0.5) is 5.69 Å². The number of anilines is 1. The van der Waals surface area contributed by atoms with Crippen LogP contribution in [0.25, 0.3) is 0 Å². The lowest BCUT2D eigenvalue weighted by molar-refractivity contribution is -0.131. The summed E-state index contributed by atoms with van der Waals surface area (Å²) in [7, 11) is 0. The van der Waals surface area contributed by atoms with Crippen molar-refractivity contribution in [3.05, 3.63) is 55.1 Å². The first-order chi connectivity index (χ1) is 12.9. The molecule has 6 nitrogen and oxygen atoms in total. The predicted molar refractivity (Wildman–Crippen MR) is 107 cm³/mol. The monoisotopic (exact) mass is 368 g/mol. The second-order valence-corrected chi connectivity index (χ2v) is 7.49. The van der Waals surface area contributed by atoms with E-state index in [-0.39, 0.29) is 17.2 Å². The highest BCUT2D eigenvalue weighted by molar-refractivity contribution is 6.00. The fraction of sp³-hybridized carbons (Fsp3) is 0.429. The van der Waals surface area contributed by atoms with Gasteiger partial charge in [0, 0.05) is 30.7 Å². The summed E-state index contributed by atoms with van der Waals surface area (Å²) in [5, 5.41) is 0. The molecule has 2 aliphatic heterocycles. The summed E-state index contributed by atoms with van der Waals surface area (Å²) in [5.74, 6) is -0.162. The maximum atomic E-state index is 12.9. The number of likely N-dealkylation sites (tertiary alicyclic amines) is 1. The fourth-order valence-corrected chi connectivity index (χ4v) is 4.23. The van der Waals surface area contributed by atoms with E-state index in [2.05, 4.69) is 19.2 Å². The first-order valence-corrected chi connectivity index (χ1v) is 9.36. The molecule has 0 radical (unpaired) electrons. The average Bonchev–Trinajstić information content (AvgIpc) is 3.24. The van der Waals surface area contributed by atoms with Crippen molar-refractivity contribution >= 4 is 17.5 Å². The predicted octanol–water partition coefficient (Wildman–Crippen LogP) is 1.31. The average molecular weight is 368 g/mol. The molecule has 0 bridgehead atoms. The van der Waals surface area contributed by atoms with Gasteiger partial charge < -0.3 is 21.3 Å². The molecule has 6 heteroatoms. The van der Waals surface area contributed by atoms with E-state index < -0.39 is 12.1 Å². The minimum absolute atomic E-state index is 0.0580. The van der Waals surface area contributed by atoms with Crippen molar-refractivity contribution in [3.8, 4) is 0 Å². The first-order valence-electron chi connectivity index (χ1n) is 9.36. The Morgan fingerprint density at radius 1 is 1.07 bits per heavy atom. The Morgan fingerprint density at radius 2 is 1.70 bits per heavy atom. The molecule has 1 spiro atoms. The van der Waals surface area contributed by atoms with Gasteiger partial charge in [-0.05, 0) is 30.9 Å². The highest BCUT2D eigenvalue weighted by Gasteiger charge is 2.50. The topological polar surface area (TPSA) is 92.7 Å². The third kappa shape index (κ3) is 3.42. The molecule has 3 unspecified atom stereocenters. The van der Waals surface area contributed by atoms with Crippen LogP contribution in [0, 0.1) is 0 Å². The number of hydrogen-bond acceptors (Lipinski definition) is 4. The van der Waals surface area contributed by atoms with Gasteiger partial charge in [0.15, 0.2) is 0 Å². The molecule has 3 atom stereocenters. The van der Waals surface area contributed by atoms with E-state index in [0.717, 1.165) is 17.7 Å². The van der Waals surface area contributed by atoms with Crippen LogP contribution in [-0.2, 0) is 15.0 Å². The summed E-state index contributed by atoms with van der Waals surface area (Å²) < 4.78 is 0. The van der Waals surface area contributed by atoms with Crippen LogP contribution in [0.2, 0.25) is 0 Å². The van der Waals surface area contributed by atoms with Crippen LogP contribution in [0.1, 0.15) is 24.8 Å². The van der Waals surface area contributed by atoms with E-state index in [1.54, 1.807) is 17.1 Å². The van der Waals surface area contributed by atoms with Gasteiger partial charge in [-0.2, -0.15) is 0 Å². The molecule has 1 saturated heterocycles. The Morgan fingerprint density at radius 3 is 2.37 bits per heavy atom. The number of fused-ring (bicyclic) bond motifs is 2. The smallest absolute Gasteiger partial charge is 0.244 e. The number of hydrogen-bond donors (Lipinski definition) is 2. The van der Waals surface area contributed by atoms with Crippen LogP contribution in [0.5, 0.6) is 0 Å². The highest BCUT2D eigenvalue weighted by atomic mass is 16.2. The summed E-state index contributed by atoms with van der Waals surface area (Å²) in [6.07, 6.45) is 5.03. The molecule has 2 aliphatic rings. The lowest BCUT2D eigenvalue weighted by Gasteiger charge is -2.27. The summed E-state index contributed by atoms with van der Waals surface area (Å²) in [4.78, 5) is 29.1. The third-order valence-electron chi connectivity index (χ3n) is 5.63. The molecule has 0 saturated carbocycles. The minimum Gasteiger partial charge on any atom is -0.340 e. The SMILES string of the molecule is C=CCC(N)C(=O)N1CCC2(C1)CN(C(=O)C(N)CC=C)c1ccccc12. The number of nitrogens with two attached hydrogens (primary N) is 2. The van der Waals surface area contributed by atoms with Crippen molar-refractivity contribution < 1.29 is 9.59 Å². The van der Waals surface area contributed by atoms with E-state index >= 15 is 0 Å². The quantitative estimate of drug-likeness (QED) is 0.741. The Balaban J connectivity index is 1.85. The molecule has 0 aromatic heterocycles. The molecule has 0 aliphatic carbocycles. The number of para-hydroxylation sites is 1. The zero-order valence-electron chi connectivity index (χ0n) is 15.6. The van der Waals surface area contributed by atoms with Crippen molar-refractivity contribution in [2.45, 2.75) is 36.8 Å². The molecule has 2 amide bonds. The molecular weight excluding hydrogens is 340 g/mol. The summed E-state index contributed by atoms with van der Waals surface area (Å²) >= 11 is 0. The molecule has 144 valence electrons. The van der Waals surface area contributed by atoms with Crippen molar-refractivity contribution in [3.63, 3.8) is 0 Å². The zero-order valence-corrected chi connectivity index (χ0v) is 15.6. The lowest BCUT2D eigenvalue weighted by Crippen LogP contribution is -2.47. The zero-order chi connectivity index (χ0) is 19.6. The van der Waals surface area contributed by atoms with Gasteiger partial charge in [0.25, 0.3) is 0 Å². The van der Waals surface area contributed by atoms with Gasteiger partial charge >= 0.3 is 0 Å². The number of nitrogens with zero attached hydrogens (tertiary/aromatic N) is 2. The summed E-state index contributed by atoms with van der Waals surface area (Å²) in [6.45, 7) is 9.07. The number of carbonyl (C=O) groups is 2. The molecular formula is C21H28N4O2. The Labute approximate surface area is 160 Å². The van der Waals surface area contributed by atoms with E-state index in [9.17, 15) is 9.59 Å². The van der Waals surface area contributed by atoms with Gasteiger partial charge in [0.05, 0.1) is 12.1 Å². The van der Waals surface area contributed by atoms with E-state index in [1.807, 2.05) is 23.1 Å². The molecule has 1 fully saturated rings. The van der Waals surface area contributed by atoms with Gasteiger partial charge in [-0.15, -0.1) is 13.2 Å². The van der Waals surface area contributed by atoms with Gasteiger partial charge in [-0.1, -0.05) is 30.4 Å². The van der Waals surface area contributed by atoms with E-state index in [4.69, 9.17) is 11.5 Å². The number of amides is 2. The molecule has 2 heterocycles. The van der Waals surface area contributed by atoms with Crippen LogP contribution in [0.3, 0.4) is 0 Å². The number of rotatable bonds is 6. The van der Waals surface area contributed by atoms with Crippen LogP contribution in [0.15, 0.2) is 49.6 Å². The van der Waals surface area contributed by atoms with Crippen molar-refractivity contribution in [1.29, 1.82) is 0 Å². The number of benzene rings is 1. The maximum Gasteiger partial charge on any atom is 0.244 e. The lowest BCUT2D eigenvalue weighted by atomic mass is 9.81. The van der Waals surface area contributed by atoms with Crippen LogP contribution >= 0.6 is 0 Å². The summed E-state index contributed by atoms with van der Waals surface area (Å²) in [5.41, 5.74) is 13.8. The fourth-order valence-electron chi connectivity index (χ4n) is 4.23. The van der Waals surface area contributed by atoms with Crippen molar-refractivity contribution in [2.24, 2.45) is 11.5 Å². The highest BCUT2D eigenvalue weighted by Crippen LogP contribution is 2.46. The Kier molecular flexibility index (Phi) is 5.48. The largest absolute Gasteiger partial charge is 0.340 e. The van der Waals surface area contributed by atoms with Gasteiger partial charge in [-0.25, -0.2) is 0 Å². The second kappa shape index (κ2) is 7.66. The van der Waals surface area contributed by atoms with E-state index in [0.29, 0.717) is 32.5 Å². The van der Waals surface area contributed by atoms with E-state index in [1.165, 1.54) is 0 Å². The normalized spacial score (nSPS) is 23.2. The van der Waals surface area contributed by atoms with Crippen LogP contribution in [-0.4, -0.2) is 48.4 Å². The van der Waals surface area contributed by atoms with Crippen molar-refractivity contribution in [2.75, 3.05) is 24.5 Å².